The third kappa shape index (κ3) is 5.19. The quantitative estimate of drug-likeness (QED) is 0.713. The van der Waals surface area contributed by atoms with E-state index in [1.54, 1.807) is 13.0 Å². The first-order valence-electron chi connectivity index (χ1n) is 5.64. The molecule has 0 aromatic carbocycles. The van der Waals surface area contributed by atoms with Crippen LogP contribution in [0.5, 0.6) is 0 Å². The van der Waals surface area contributed by atoms with Crippen molar-refractivity contribution in [3.63, 3.8) is 0 Å². The fourth-order valence-electron chi connectivity index (χ4n) is 1.44. The number of rotatable bonds is 7. The molecule has 0 atom stereocenters. The van der Waals surface area contributed by atoms with Crippen molar-refractivity contribution in [3.05, 3.63) is 23.7 Å². The van der Waals surface area contributed by atoms with Crippen molar-refractivity contribution in [1.82, 2.24) is 5.32 Å². The predicted molar refractivity (Wildman–Crippen MR) is 61.9 cm³/mol. The van der Waals surface area contributed by atoms with Gasteiger partial charge in [-0.15, -0.1) is 0 Å². The van der Waals surface area contributed by atoms with E-state index in [4.69, 9.17) is 9.52 Å². The molecule has 0 saturated heterocycles. The first-order chi connectivity index (χ1) is 8.09. The van der Waals surface area contributed by atoms with Crippen LogP contribution < -0.4 is 5.32 Å². The van der Waals surface area contributed by atoms with E-state index in [0.29, 0.717) is 24.3 Å². The molecule has 0 unspecified atom stereocenters. The SMILES string of the molecule is Cc1cc(C(=O)NCCCCCC(=O)O)co1. The molecule has 1 heterocycles. The predicted octanol–water partition coefficient (Wildman–Crippen LogP) is 1.96. The first kappa shape index (κ1) is 13.3. The molecule has 5 heteroatoms. The Kier molecular flexibility index (Phi) is 5.26. The molecule has 1 rings (SSSR count). The van der Waals surface area contributed by atoms with Gasteiger partial charge >= 0.3 is 5.97 Å². The number of hydrogen-bond donors (Lipinski definition) is 2. The molecule has 0 bridgehead atoms. The number of furan rings is 1. The van der Waals surface area contributed by atoms with Crippen molar-refractivity contribution in [1.29, 1.82) is 0 Å². The number of unbranched alkanes of at least 4 members (excludes halogenated alkanes) is 2. The van der Waals surface area contributed by atoms with Crippen molar-refractivity contribution in [2.24, 2.45) is 0 Å². The average Bonchev–Trinajstić information content (AvgIpc) is 2.69. The monoisotopic (exact) mass is 239 g/mol. The van der Waals surface area contributed by atoms with Crippen LogP contribution in [-0.4, -0.2) is 23.5 Å². The summed E-state index contributed by atoms with van der Waals surface area (Å²) in [7, 11) is 0. The van der Waals surface area contributed by atoms with Crippen molar-refractivity contribution < 1.29 is 19.1 Å². The third-order valence-electron chi connectivity index (χ3n) is 2.35. The molecule has 1 aromatic rings. The minimum atomic E-state index is -0.775. The number of carbonyl (C=O) groups is 2. The smallest absolute Gasteiger partial charge is 0.303 e. The van der Waals surface area contributed by atoms with Gasteiger partial charge in [0.15, 0.2) is 0 Å². The standard InChI is InChI=1S/C12H17NO4/c1-9-7-10(8-17-9)12(16)13-6-4-2-3-5-11(14)15/h7-8H,2-6H2,1H3,(H,13,16)(H,14,15). The Morgan fingerprint density at radius 3 is 2.71 bits per heavy atom. The molecule has 5 nitrogen and oxygen atoms in total. The molecular weight excluding hydrogens is 222 g/mol. The summed E-state index contributed by atoms with van der Waals surface area (Å²) in [5.74, 6) is -0.223. The normalized spacial score (nSPS) is 10.2. The van der Waals surface area contributed by atoms with Gasteiger partial charge in [0.05, 0.1) is 5.56 Å². The van der Waals surface area contributed by atoms with Crippen LogP contribution in [0.2, 0.25) is 0 Å². The summed E-state index contributed by atoms with van der Waals surface area (Å²) in [4.78, 5) is 21.8. The molecule has 0 fully saturated rings. The minimum Gasteiger partial charge on any atom is -0.481 e. The van der Waals surface area contributed by atoms with Gasteiger partial charge in [-0.05, 0) is 25.8 Å². The highest BCUT2D eigenvalue weighted by Gasteiger charge is 2.07. The van der Waals surface area contributed by atoms with Crippen LogP contribution in [-0.2, 0) is 4.79 Å². The van der Waals surface area contributed by atoms with E-state index in [1.807, 2.05) is 0 Å². The number of amides is 1. The van der Waals surface area contributed by atoms with Crippen molar-refractivity contribution in [2.45, 2.75) is 32.6 Å². The molecular formula is C12H17NO4. The van der Waals surface area contributed by atoms with Crippen LogP contribution in [0.4, 0.5) is 0 Å². The fourth-order valence-corrected chi connectivity index (χ4v) is 1.44. The Balaban J connectivity index is 2.11. The Hall–Kier alpha value is -1.78. The molecule has 17 heavy (non-hydrogen) atoms. The van der Waals surface area contributed by atoms with Gasteiger partial charge in [-0.25, -0.2) is 0 Å². The topological polar surface area (TPSA) is 79.5 Å². The van der Waals surface area contributed by atoms with Gasteiger partial charge < -0.3 is 14.8 Å². The number of aryl methyl sites for hydroxylation is 1. The molecule has 0 saturated carbocycles. The summed E-state index contributed by atoms with van der Waals surface area (Å²) < 4.78 is 5.03. The molecule has 1 aromatic heterocycles. The van der Waals surface area contributed by atoms with Crippen LogP contribution in [0, 0.1) is 6.92 Å². The second-order valence-electron chi connectivity index (χ2n) is 3.91. The van der Waals surface area contributed by atoms with E-state index in [1.165, 1.54) is 6.26 Å². The van der Waals surface area contributed by atoms with Crippen molar-refractivity contribution in [2.75, 3.05) is 6.54 Å². The second-order valence-corrected chi connectivity index (χ2v) is 3.91. The van der Waals surface area contributed by atoms with Gasteiger partial charge in [0.25, 0.3) is 5.91 Å². The van der Waals surface area contributed by atoms with E-state index in [9.17, 15) is 9.59 Å². The second kappa shape index (κ2) is 6.73. The lowest BCUT2D eigenvalue weighted by Gasteiger charge is -2.02. The zero-order chi connectivity index (χ0) is 12.7. The number of hydrogen-bond acceptors (Lipinski definition) is 3. The van der Waals surface area contributed by atoms with Crippen molar-refractivity contribution in [3.8, 4) is 0 Å². The number of carbonyl (C=O) groups excluding carboxylic acids is 1. The maximum Gasteiger partial charge on any atom is 0.303 e. The Morgan fingerprint density at radius 2 is 2.12 bits per heavy atom. The minimum absolute atomic E-state index is 0.153. The highest BCUT2D eigenvalue weighted by molar-refractivity contribution is 5.93. The van der Waals surface area contributed by atoms with E-state index in [0.717, 1.165) is 12.8 Å². The molecule has 0 spiro atoms. The van der Waals surface area contributed by atoms with E-state index < -0.39 is 5.97 Å². The van der Waals surface area contributed by atoms with Crippen LogP contribution in [0.25, 0.3) is 0 Å². The van der Waals surface area contributed by atoms with Crippen LogP contribution in [0.15, 0.2) is 16.7 Å². The summed E-state index contributed by atoms with van der Waals surface area (Å²) in [6.07, 6.45) is 3.85. The van der Waals surface area contributed by atoms with Crippen LogP contribution >= 0.6 is 0 Å². The lowest BCUT2D eigenvalue weighted by molar-refractivity contribution is -0.137. The number of aliphatic carboxylic acids is 1. The summed E-state index contributed by atoms with van der Waals surface area (Å²) in [6, 6.07) is 1.68. The van der Waals surface area contributed by atoms with E-state index >= 15 is 0 Å². The van der Waals surface area contributed by atoms with Crippen molar-refractivity contribution >= 4 is 11.9 Å². The Labute approximate surface area is 99.8 Å². The molecule has 0 radical (unpaired) electrons. The van der Waals surface area contributed by atoms with E-state index in [2.05, 4.69) is 5.32 Å². The molecule has 2 N–H and O–H groups in total. The number of carboxylic acid groups (broad SMARTS) is 1. The number of carboxylic acids is 1. The fraction of sp³-hybridized carbons (Fsp3) is 0.500. The van der Waals surface area contributed by atoms with Crippen LogP contribution in [0.3, 0.4) is 0 Å². The van der Waals surface area contributed by atoms with Gasteiger partial charge in [-0.3, -0.25) is 9.59 Å². The summed E-state index contributed by atoms with van der Waals surface area (Å²) in [5.41, 5.74) is 0.521. The van der Waals surface area contributed by atoms with E-state index in [-0.39, 0.29) is 12.3 Å². The summed E-state index contributed by atoms with van der Waals surface area (Å²) in [5, 5.41) is 11.2. The molecule has 1 amide bonds. The highest BCUT2D eigenvalue weighted by Crippen LogP contribution is 2.06. The maximum absolute atomic E-state index is 11.5. The maximum atomic E-state index is 11.5. The molecule has 0 aliphatic carbocycles. The molecule has 0 aliphatic heterocycles. The van der Waals surface area contributed by atoms with Gasteiger partial charge in [0.1, 0.15) is 12.0 Å². The molecule has 0 aliphatic rings. The van der Waals surface area contributed by atoms with Gasteiger partial charge in [0.2, 0.25) is 0 Å². The first-order valence-corrected chi connectivity index (χ1v) is 5.64. The van der Waals surface area contributed by atoms with Gasteiger partial charge in [-0.2, -0.15) is 0 Å². The zero-order valence-electron chi connectivity index (χ0n) is 9.86. The average molecular weight is 239 g/mol. The van der Waals surface area contributed by atoms with Gasteiger partial charge in [0, 0.05) is 13.0 Å². The summed E-state index contributed by atoms with van der Waals surface area (Å²) in [6.45, 7) is 2.34. The third-order valence-corrected chi connectivity index (χ3v) is 2.35. The Morgan fingerprint density at radius 1 is 1.35 bits per heavy atom. The Bertz CT molecular complexity index is 384. The zero-order valence-corrected chi connectivity index (χ0v) is 9.86. The molecule has 94 valence electrons. The van der Waals surface area contributed by atoms with Crippen LogP contribution in [0.1, 0.15) is 41.8 Å². The lowest BCUT2D eigenvalue weighted by Crippen LogP contribution is -2.23. The lowest BCUT2D eigenvalue weighted by atomic mass is 10.2. The number of nitrogens with one attached hydrogen (secondary N) is 1. The highest BCUT2D eigenvalue weighted by atomic mass is 16.4. The summed E-state index contributed by atoms with van der Waals surface area (Å²) >= 11 is 0. The van der Waals surface area contributed by atoms with Gasteiger partial charge in [-0.1, -0.05) is 6.42 Å². The largest absolute Gasteiger partial charge is 0.481 e.